The summed E-state index contributed by atoms with van der Waals surface area (Å²) in [5, 5.41) is 0. The van der Waals surface area contributed by atoms with Gasteiger partial charge in [0.1, 0.15) is 6.29 Å². The second-order valence-electron chi connectivity index (χ2n) is 4.62. The predicted octanol–water partition coefficient (Wildman–Crippen LogP) is 3.60. The quantitative estimate of drug-likeness (QED) is 0.747. The number of aldehydes is 1. The van der Waals surface area contributed by atoms with Crippen LogP contribution in [0.15, 0.2) is 18.2 Å². The lowest BCUT2D eigenvalue weighted by atomic mass is 9.90. The lowest BCUT2D eigenvalue weighted by Crippen LogP contribution is -2.15. The van der Waals surface area contributed by atoms with Crippen LogP contribution in [-0.4, -0.2) is 12.9 Å². The molecule has 92 valence electrons. The molecular formula is C14H17FO2. The normalized spacial score (nSPS) is 16.8. The molecule has 1 fully saturated rings. The number of ether oxygens (including phenoxy) is 1. The topological polar surface area (TPSA) is 26.3 Å². The summed E-state index contributed by atoms with van der Waals surface area (Å²) in [6.45, 7) is 0.555. The molecule has 1 aromatic carbocycles. The average molecular weight is 236 g/mol. The molecule has 0 bridgehead atoms. The summed E-state index contributed by atoms with van der Waals surface area (Å²) < 4.78 is 18.9. The van der Waals surface area contributed by atoms with E-state index >= 15 is 0 Å². The molecule has 17 heavy (non-hydrogen) atoms. The zero-order chi connectivity index (χ0) is 12.1. The molecule has 0 heterocycles. The SMILES string of the molecule is O=Cc1ccc(F)c(OCC2CCCCC2)c1. The highest BCUT2D eigenvalue weighted by Gasteiger charge is 2.15. The van der Waals surface area contributed by atoms with E-state index in [0.29, 0.717) is 24.4 Å². The van der Waals surface area contributed by atoms with Gasteiger partial charge in [0.15, 0.2) is 11.6 Å². The Morgan fingerprint density at radius 3 is 2.76 bits per heavy atom. The van der Waals surface area contributed by atoms with E-state index in [2.05, 4.69) is 0 Å². The molecule has 0 spiro atoms. The van der Waals surface area contributed by atoms with Gasteiger partial charge < -0.3 is 4.74 Å². The lowest BCUT2D eigenvalue weighted by Gasteiger charge is -2.21. The maximum Gasteiger partial charge on any atom is 0.165 e. The van der Waals surface area contributed by atoms with Gasteiger partial charge in [0.25, 0.3) is 0 Å². The monoisotopic (exact) mass is 236 g/mol. The molecule has 0 saturated heterocycles. The Morgan fingerprint density at radius 2 is 2.06 bits per heavy atom. The Kier molecular flexibility index (Phi) is 4.13. The van der Waals surface area contributed by atoms with E-state index < -0.39 is 5.82 Å². The molecule has 0 atom stereocenters. The molecular weight excluding hydrogens is 219 g/mol. The minimum atomic E-state index is -0.397. The highest BCUT2D eigenvalue weighted by atomic mass is 19.1. The zero-order valence-electron chi connectivity index (χ0n) is 9.82. The Bertz CT molecular complexity index is 384. The third-order valence-corrected chi connectivity index (χ3v) is 3.29. The van der Waals surface area contributed by atoms with Crippen molar-refractivity contribution in [2.24, 2.45) is 5.92 Å². The van der Waals surface area contributed by atoms with Crippen LogP contribution in [0.5, 0.6) is 5.75 Å². The maximum atomic E-state index is 13.4. The van der Waals surface area contributed by atoms with Crippen molar-refractivity contribution in [1.29, 1.82) is 0 Å². The molecule has 0 amide bonds. The van der Waals surface area contributed by atoms with Crippen molar-refractivity contribution in [3.63, 3.8) is 0 Å². The predicted molar refractivity (Wildman–Crippen MR) is 63.9 cm³/mol. The number of hydrogen-bond donors (Lipinski definition) is 0. The fourth-order valence-corrected chi connectivity index (χ4v) is 2.27. The molecule has 2 nitrogen and oxygen atoms in total. The molecule has 2 rings (SSSR count). The molecule has 0 unspecified atom stereocenters. The van der Waals surface area contributed by atoms with Crippen LogP contribution in [0.25, 0.3) is 0 Å². The van der Waals surface area contributed by atoms with Crippen molar-refractivity contribution >= 4 is 6.29 Å². The van der Waals surface area contributed by atoms with Crippen LogP contribution in [0.1, 0.15) is 42.5 Å². The van der Waals surface area contributed by atoms with E-state index in [1.54, 1.807) is 0 Å². The van der Waals surface area contributed by atoms with Crippen LogP contribution in [0.2, 0.25) is 0 Å². The fraction of sp³-hybridized carbons (Fsp3) is 0.500. The highest BCUT2D eigenvalue weighted by Crippen LogP contribution is 2.25. The largest absolute Gasteiger partial charge is 0.490 e. The van der Waals surface area contributed by atoms with Crippen LogP contribution < -0.4 is 4.74 Å². The van der Waals surface area contributed by atoms with E-state index in [1.165, 1.54) is 37.5 Å². The van der Waals surface area contributed by atoms with Crippen molar-refractivity contribution in [3.05, 3.63) is 29.6 Å². The average Bonchev–Trinajstić information content (AvgIpc) is 2.39. The van der Waals surface area contributed by atoms with Gasteiger partial charge in [-0.2, -0.15) is 0 Å². The summed E-state index contributed by atoms with van der Waals surface area (Å²) >= 11 is 0. The minimum absolute atomic E-state index is 0.195. The van der Waals surface area contributed by atoms with Gasteiger partial charge in [-0.3, -0.25) is 4.79 Å². The van der Waals surface area contributed by atoms with Crippen LogP contribution in [0.4, 0.5) is 4.39 Å². The summed E-state index contributed by atoms with van der Waals surface area (Å²) in [6.07, 6.45) is 6.80. The van der Waals surface area contributed by atoms with Crippen molar-refractivity contribution in [2.75, 3.05) is 6.61 Å². The zero-order valence-corrected chi connectivity index (χ0v) is 9.82. The van der Waals surface area contributed by atoms with Crippen LogP contribution in [0, 0.1) is 11.7 Å². The first-order chi connectivity index (χ1) is 8.29. The Hall–Kier alpha value is -1.38. The number of hydrogen-bond acceptors (Lipinski definition) is 2. The van der Waals surface area contributed by atoms with Gasteiger partial charge in [0.2, 0.25) is 0 Å². The molecule has 0 radical (unpaired) electrons. The van der Waals surface area contributed by atoms with Crippen molar-refractivity contribution < 1.29 is 13.9 Å². The van der Waals surface area contributed by atoms with E-state index in [0.717, 1.165) is 12.8 Å². The second kappa shape index (κ2) is 5.80. The van der Waals surface area contributed by atoms with Crippen molar-refractivity contribution in [2.45, 2.75) is 32.1 Å². The number of carbonyl (C=O) groups excluding carboxylic acids is 1. The summed E-state index contributed by atoms with van der Waals surface area (Å²) in [4.78, 5) is 10.6. The van der Waals surface area contributed by atoms with E-state index in [4.69, 9.17) is 4.74 Å². The summed E-state index contributed by atoms with van der Waals surface area (Å²) in [5.74, 6) is 0.328. The highest BCUT2D eigenvalue weighted by molar-refractivity contribution is 5.75. The fourth-order valence-electron chi connectivity index (χ4n) is 2.27. The van der Waals surface area contributed by atoms with Crippen LogP contribution in [-0.2, 0) is 0 Å². The van der Waals surface area contributed by atoms with E-state index in [1.807, 2.05) is 0 Å². The molecule has 1 aliphatic rings. The van der Waals surface area contributed by atoms with Crippen LogP contribution in [0.3, 0.4) is 0 Å². The molecule has 1 aliphatic carbocycles. The molecule has 0 N–H and O–H groups in total. The van der Waals surface area contributed by atoms with Crippen LogP contribution >= 0.6 is 0 Å². The Balaban J connectivity index is 1.95. The van der Waals surface area contributed by atoms with Gasteiger partial charge in [-0.25, -0.2) is 4.39 Å². The molecule has 3 heteroatoms. The minimum Gasteiger partial charge on any atom is -0.490 e. The molecule has 0 aromatic heterocycles. The Morgan fingerprint density at radius 1 is 1.29 bits per heavy atom. The smallest absolute Gasteiger partial charge is 0.165 e. The number of carbonyl (C=O) groups is 1. The Labute approximate surface area is 101 Å². The number of benzene rings is 1. The second-order valence-corrected chi connectivity index (χ2v) is 4.62. The number of halogens is 1. The summed E-state index contributed by atoms with van der Waals surface area (Å²) in [6, 6.07) is 4.20. The first kappa shape index (κ1) is 12.1. The third kappa shape index (κ3) is 3.29. The first-order valence-corrected chi connectivity index (χ1v) is 6.17. The van der Waals surface area contributed by atoms with Crippen molar-refractivity contribution in [3.8, 4) is 5.75 Å². The van der Waals surface area contributed by atoms with E-state index in [9.17, 15) is 9.18 Å². The number of rotatable bonds is 4. The van der Waals surface area contributed by atoms with Gasteiger partial charge in [0, 0.05) is 5.56 Å². The summed E-state index contributed by atoms with van der Waals surface area (Å²) in [7, 11) is 0. The van der Waals surface area contributed by atoms with E-state index in [-0.39, 0.29) is 5.75 Å². The van der Waals surface area contributed by atoms with Crippen molar-refractivity contribution in [1.82, 2.24) is 0 Å². The summed E-state index contributed by atoms with van der Waals surface area (Å²) in [5.41, 5.74) is 0.449. The maximum absolute atomic E-state index is 13.4. The standard InChI is InChI=1S/C14H17FO2/c15-13-7-6-12(9-16)8-14(13)17-10-11-4-2-1-3-5-11/h6-9,11H,1-5,10H2. The molecule has 1 aromatic rings. The first-order valence-electron chi connectivity index (χ1n) is 6.17. The van der Waals surface area contributed by atoms with Gasteiger partial charge in [-0.1, -0.05) is 19.3 Å². The van der Waals surface area contributed by atoms with Gasteiger partial charge in [-0.15, -0.1) is 0 Å². The molecule has 1 saturated carbocycles. The lowest BCUT2D eigenvalue weighted by molar-refractivity contribution is 0.112. The van der Waals surface area contributed by atoms with Gasteiger partial charge in [0.05, 0.1) is 6.61 Å². The van der Waals surface area contributed by atoms with Gasteiger partial charge >= 0.3 is 0 Å². The molecule has 0 aliphatic heterocycles. The third-order valence-electron chi connectivity index (χ3n) is 3.29. The van der Waals surface area contributed by atoms with Gasteiger partial charge in [-0.05, 0) is 37.0 Å².